The van der Waals surface area contributed by atoms with Gasteiger partial charge in [0.2, 0.25) is 11.8 Å². The Balaban J connectivity index is 0.00000280. The number of piperidine rings is 1. The topological polar surface area (TPSA) is 89.1 Å². The zero-order valence-corrected chi connectivity index (χ0v) is 19.2. The summed E-state index contributed by atoms with van der Waals surface area (Å²) in [7, 11) is 0. The summed E-state index contributed by atoms with van der Waals surface area (Å²) in [5.74, 6) is 1.62. The smallest absolute Gasteiger partial charge is 0.225 e. The van der Waals surface area contributed by atoms with Gasteiger partial charge in [0.05, 0.1) is 6.54 Å². The Morgan fingerprint density at radius 2 is 1.96 bits per heavy atom. The number of aliphatic imine (C=N–C) groups is 1. The van der Waals surface area contributed by atoms with Gasteiger partial charge in [0.25, 0.3) is 0 Å². The Morgan fingerprint density at radius 3 is 2.54 bits per heavy atom. The maximum absolute atomic E-state index is 12.3. The van der Waals surface area contributed by atoms with Crippen LogP contribution in [-0.4, -0.2) is 86.0 Å². The fraction of sp³-hybridized carbons (Fsp3) is 0.842. The maximum atomic E-state index is 12.3. The van der Waals surface area contributed by atoms with Crippen LogP contribution >= 0.6 is 24.0 Å². The normalized spacial score (nSPS) is 24.0. The second kappa shape index (κ2) is 11.8. The molecule has 2 heterocycles. The number of guanidine groups is 1. The Hall–Kier alpha value is -1.10. The molecule has 0 aromatic rings. The van der Waals surface area contributed by atoms with E-state index in [0.29, 0.717) is 24.8 Å². The van der Waals surface area contributed by atoms with Crippen molar-refractivity contribution in [3.05, 3.63) is 0 Å². The summed E-state index contributed by atoms with van der Waals surface area (Å²) in [6, 6.07) is 0.238. The average Bonchev–Trinajstić information content (AvgIpc) is 2.63. The van der Waals surface area contributed by atoms with Crippen LogP contribution in [0.4, 0.5) is 0 Å². The molecule has 2 saturated heterocycles. The number of hydrogen-bond acceptors (Lipinski definition) is 4. The van der Waals surface area contributed by atoms with E-state index in [9.17, 15) is 9.59 Å². The summed E-state index contributed by atoms with van der Waals surface area (Å²) < 4.78 is 0. The molecule has 3 aliphatic rings. The number of halogens is 1. The van der Waals surface area contributed by atoms with Crippen LogP contribution in [0.15, 0.2) is 4.99 Å². The molecule has 0 bridgehead atoms. The van der Waals surface area contributed by atoms with Gasteiger partial charge < -0.3 is 20.9 Å². The Bertz CT molecular complexity index is 537. The monoisotopic (exact) mass is 506 g/mol. The highest BCUT2D eigenvalue weighted by atomic mass is 127. The molecule has 1 unspecified atom stereocenters. The molecule has 28 heavy (non-hydrogen) atoms. The lowest BCUT2D eigenvalue weighted by molar-refractivity contribution is -0.139. The molecular weight excluding hydrogens is 471 g/mol. The van der Waals surface area contributed by atoms with Gasteiger partial charge in [-0.1, -0.05) is 6.42 Å². The fourth-order valence-electron chi connectivity index (χ4n) is 3.78. The molecule has 2 aliphatic heterocycles. The first-order valence-corrected chi connectivity index (χ1v) is 10.5. The number of carbonyl (C=O) groups excluding carboxylic acids is 2. The van der Waals surface area contributed by atoms with Crippen molar-refractivity contribution in [1.29, 1.82) is 0 Å². The zero-order chi connectivity index (χ0) is 19.1. The molecule has 1 atom stereocenters. The van der Waals surface area contributed by atoms with E-state index >= 15 is 0 Å². The molecule has 8 nitrogen and oxygen atoms in total. The van der Waals surface area contributed by atoms with Crippen molar-refractivity contribution in [2.45, 2.75) is 45.1 Å². The van der Waals surface area contributed by atoms with E-state index in [1.54, 1.807) is 0 Å². The van der Waals surface area contributed by atoms with E-state index < -0.39 is 0 Å². The molecule has 2 amide bonds. The van der Waals surface area contributed by atoms with Crippen molar-refractivity contribution in [2.75, 3.05) is 52.4 Å². The molecule has 0 aromatic carbocycles. The van der Waals surface area contributed by atoms with E-state index in [0.717, 1.165) is 71.0 Å². The molecular formula is C19H35IN6O2. The van der Waals surface area contributed by atoms with E-state index in [4.69, 9.17) is 0 Å². The van der Waals surface area contributed by atoms with Gasteiger partial charge in [-0.15, -0.1) is 24.0 Å². The van der Waals surface area contributed by atoms with Crippen LogP contribution in [0.1, 0.15) is 39.0 Å². The van der Waals surface area contributed by atoms with Crippen molar-refractivity contribution in [3.8, 4) is 0 Å². The van der Waals surface area contributed by atoms with Gasteiger partial charge in [0.15, 0.2) is 5.96 Å². The minimum absolute atomic E-state index is 0. The molecule has 0 aromatic heterocycles. The molecule has 9 heteroatoms. The zero-order valence-electron chi connectivity index (χ0n) is 16.9. The van der Waals surface area contributed by atoms with Crippen LogP contribution in [0.2, 0.25) is 0 Å². The molecule has 3 fully saturated rings. The number of amides is 2. The van der Waals surface area contributed by atoms with Crippen molar-refractivity contribution in [3.63, 3.8) is 0 Å². The Labute approximate surface area is 185 Å². The van der Waals surface area contributed by atoms with Crippen molar-refractivity contribution < 1.29 is 9.59 Å². The third-order valence-electron chi connectivity index (χ3n) is 5.78. The molecule has 0 radical (unpaired) electrons. The van der Waals surface area contributed by atoms with Gasteiger partial charge in [-0.05, 0) is 26.2 Å². The second-order valence-corrected chi connectivity index (χ2v) is 7.74. The summed E-state index contributed by atoms with van der Waals surface area (Å²) in [5.41, 5.74) is 0. The quantitative estimate of drug-likeness (QED) is 0.276. The van der Waals surface area contributed by atoms with Crippen LogP contribution in [0.5, 0.6) is 0 Å². The minimum Gasteiger partial charge on any atom is -0.357 e. The lowest BCUT2D eigenvalue weighted by Crippen LogP contribution is -2.52. The second-order valence-electron chi connectivity index (χ2n) is 7.74. The fourth-order valence-corrected chi connectivity index (χ4v) is 3.78. The molecule has 160 valence electrons. The first-order valence-electron chi connectivity index (χ1n) is 10.5. The summed E-state index contributed by atoms with van der Waals surface area (Å²) in [5, 5.41) is 9.59. The van der Waals surface area contributed by atoms with Crippen LogP contribution in [0.25, 0.3) is 0 Å². The van der Waals surface area contributed by atoms with Crippen LogP contribution in [0, 0.1) is 5.92 Å². The van der Waals surface area contributed by atoms with Crippen LogP contribution < -0.4 is 16.0 Å². The van der Waals surface area contributed by atoms with Gasteiger partial charge in [0.1, 0.15) is 0 Å². The van der Waals surface area contributed by atoms with Gasteiger partial charge in [0, 0.05) is 64.2 Å². The van der Waals surface area contributed by atoms with E-state index in [-0.39, 0.29) is 35.9 Å². The number of nitrogens with zero attached hydrogens (tertiary/aromatic N) is 3. The van der Waals surface area contributed by atoms with Crippen molar-refractivity contribution in [2.24, 2.45) is 10.9 Å². The minimum atomic E-state index is 0. The summed E-state index contributed by atoms with van der Waals surface area (Å²) >= 11 is 0. The predicted molar refractivity (Wildman–Crippen MR) is 121 cm³/mol. The maximum Gasteiger partial charge on any atom is 0.225 e. The van der Waals surface area contributed by atoms with E-state index in [1.807, 2.05) is 4.90 Å². The van der Waals surface area contributed by atoms with Crippen molar-refractivity contribution in [1.82, 2.24) is 25.8 Å². The van der Waals surface area contributed by atoms with Gasteiger partial charge in [-0.3, -0.25) is 19.5 Å². The predicted octanol–water partition coefficient (Wildman–Crippen LogP) is 0.382. The summed E-state index contributed by atoms with van der Waals surface area (Å²) in [6.45, 7) is 8.72. The van der Waals surface area contributed by atoms with Gasteiger partial charge >= 0.3 is 0 Å². The highest BCUT2D eigenvalue weighted by molar-refractivity contribution is 14.0. The highest BCUT2D eigenvalue weighted by Crippen LogP contribution is 2.28. The van der Waals surface area contributed by atoms with Crippen molar-refractivity contribution >= 4 is 41.8 Å². The number of rotatable bonds is 6. The Morgan fingerprint density at radius 1 is 1.21 bits per heavy atom. The lowest BCUT2D eigenvalue weighted by Gasteiger charge is -2.38. The van der Waals surface area contributed by atoms with Gasteiger partial charge in [-0.2, -0.15) is 0 Å². The van der Waals surface area contributed by atoms with Gasteiger partial charge in [-0.25, -0.2) is 0 Å². The molecule has 1 aliphatic carbocycles. The van der Waals surface area contributed by atoms with E-state index in [2.05, 4.69) is 32.8 Å². The molecule has 3 rings (SSSR count). The third kappa shape index (κ3) is 6.75. The molecule has 0 spiro atoms. The van der Waals surface area contributed by atoms with Crippen LogP contribution in [-0.2, 0) is 9.59 Å². The van der Waals surface area contributed by atoms with Crippen LogP contribution in [0.3, 0.4) is 0 Å². The number of carbonyl (C=O) groups is 2. The largest absolute Gasteiger partial charge is 0.357 e. The first kappa shape index (κ1) is 23.2. The number of hydrogen-bond donors (Lipinski definition) is 3. The molecule has 1 saturated carbocycles. The lowest BCUT2D eigenvalue weighted by atomic mass is 9.84. The third-order valence-corrected chi connectivity index (χ3v) is 5.78. The average molecular weight is 506 g/mol. The SMILES string of the molecule is CCNC(=NCCN1CCN(C(=O)C2CCC2)CC1)NC1CCC(=O)NC1.I. The number of nitrogens with one attached hydrogen (secondary N) is 3. The van der Waals surface area contributed by atoms with E-state index in [1.165, 1.54) is 6.42 Å². The molecule has 3 N–H and O–H groups in total. The summed E-state index contributed by atoms with van der Waals surface area (Å²) in [4.78, 5) is 32.7. The summed E-state index contributed by atoms with van der Waals surface area (Å²) in [6.07, 6.45) is 4.79. The first-order chi connectivity index (χ1) is 13.2. The standard InChI is InChI=1S/C19H34N6O2.HI/c1-2-20-19(23-16-6-7-17(26)22-14-16)21-8-9-24-10-12-25(13-11-24)18(27)15-4-3-5-15;/h15-16H,2-14H2,1H3,(H,22,26)(H2,20,21,23);1H. The highest BCUT2D eigenvalue weighted by Gasteiger charge is 2.31. The number of piperazine rings is 1. The Kier molecular flexibility index (Phi) is 9.76.